The summed E-state index contributed by atoms with van der Waals surface area (Å²) in [6.07, 6.45) is 3.29. The smallest absolute Gasteiger partial charge is 0.0297 e. The van der Waals surface area contributed by atoms with Crippen molar-refractivity contribution in [2.75, 3.05) is 0 Å². The van der Waals surface area contributed by atoms with Crippen LogP contribution in [0, 0.1) is 13.8 Å². The summed E-state index contributed by atoms with van der Waals surface area (Å²) in [4.78, 5) is 0. The summed E-state index contributed by atoms with van der Waals surface area (Å²) in [5.41, 5.74) is 11.7. The molecule has 0 aliphatic heterocycles. The maximum absolute atomic E-state index is 6.33. The van der Waals surface area contributed by atoms with Gasteiger partial charge in [-0.2, -0.15) is 0 Å². The summed E-state index contributed by atoms with van der Waals surface area (Å²) in [7, 11) is 0. The molecule has 1 nitrogen and oxygen atoms in total. The van der Waals surface area contributed by atoms with Crippen LogP contribution < -0.4 is 5.73 Å². The lowest BCUT2D eigenvalue weighted by Crippen LogP contribution is -2.12. The second-order valence-electron chi connectivity index (χ2n) is 5.27. The van der Waals surface area contributed by atoms with Gasteiger partial charge in [-0.15, -0.1) is 0 Å². The molecule has 0 fully saturated rings. The molecular weight excluding hydrogens is 230 g/mol. The van der Waals surface area contributed by atoms with Crippen LogP contribution in [0.5, 0.6) is 0 Å². The van der Waals surface area contributed by atoms with E-state index in [0.29, 0.717) is 0 Å². The highest BCUT2D eigenvalue weighted by Gasteiger charge is 2.09. The highest BCUT2D eigenvalue weighted by Crippen LogP contribution is 2.22. The topological polar surface area (TPSA) is 26.0 Å². The summed E-state index contributed by atoms with van der Waals surface area (Å²) in [6.45, 7) is 4.32. The van der Waals surface area contributed by atoms with E-state index in [0.717, 1.165) is 19.3 Å². The van der Waals surface area contributed by atoms with E-state index < -0.39 is 0 Å². The van der Waals surface area contributed by atoms with Gasteiger partial charge in [0, 0.05) is 6.04 Å². The predicted octanol–water partition coefficient (Wildman–Crippen LogP) is 4.33. The van der Waals surface area contributed by atoms with Crippen molar-refractivity contribution < 1.29 is 0 Å². The van der Waals surface area contributed by atoms with Crippen molar-refractivity contribution in [3.05, 3.63) is 70.8 Å². The molecule has 0 aliphatic carbocycles. The molecule has 0 saturated carbocycles. The Bertz CT molecular complexity index is 516. The van der Waals surface area contributed by atoms with Gasteiger partial charge in [0.2, 0.25) is 0 Å². The van der Waals surface area contributed by atoms with E-state index in [9.17, 15) is 0 Å². The third kappa shape index (κ3) is 3.68. The van der Waals surface area contributed by atoms with Crippen molar-refractivity contribution in [3.63, 3.8) is 0 Å². The Balaban J connectivity index is 1.91. The molecule has 1 heteroatoms. The third-order valence-electron chi connectivity index (χ3n) is 3.87. The molecule has 2 aromatic carbocycles. The van der Waals surface area contributed by atoms with E-state index in [2.05, 4.69) is 62.4 Å². The van der Waals surface area contributed by atoms with Crippen molar-refractivity contribution in [3.8, 4) is 0 Å². The number of aryl methyl sites for hydroxylation is 2. The predicted molar refractivity (Wildman–Crippen MR) is 82.2 cm³/mol. The van der Waals surface area contributed by atoms with E-state index in [1.807, 2.05) is 0 Å². The minimum atomic E-state index is 0.156. The fourth-order valence-electron chi connectivity index (χ4n) is 2.50. The normalized spacial score (nSPS) is 12.4. The van der Waals surface area contributed by atoms with E-state index in [-0.39, 0.29) is 6.04 Å². The molecule has 100 valence electrons. The van der Waals surface area contributed by atoms with Gasteiger partial charge in [0.15, 0.2) is 0 Å². The van der Waals surface area contributed by atoms with Gasteiger partial charge in [-0.1, -0.05) is 48.5 Å². The first-order valence-corrected chi connectivity index (χ1v) is 7.04. The molecule has 19 heavy (non-hydrogen) atoms. The van der Waals surface area contributed by atoms with Crippen molar-refractivity contribution in [1.82, 2.24) is 0 Å². The molecule has 0 aromatic heterocycles. The van der Waals surface area contributed by atoms with Gasteiger partial charge in [0.25, 0.3) is 0 Å². The summed E-state index contributed by atoms with van der Waals surface area (Å²) in [5.74, 6) is 0. The van der Waals surface area contributed by atoms with E-state index in [4.69, 9.17) is 5.73 Å². The molecule has 2 aromatic rings. The Labute approximate surface area is 116 Å². The molecule has 1 atom stereocenters. The second kappa shape index (κ2) is 6.53. The Morgan fingerprint density at radius 1 is 0.947 bits per heavy atom. The number of nitrogens with two attached hydrogens (primary N) is 1. The molecular formula is C18H23N. The molecule has 0 heterocycles. The van der Waals surface area contributed by atoms with E-state index >= 15 is 0 Å². The molecule has 0 spiro atoms. The molecule has 1 unspecified atom stereocenters. The molecule has 0 radical (unpaired) electrons. The van der Waals surface area contributed by atoms with Crippen molar-refractivity contribution in [1.29, 1.82) is 0 Å². The lowest BCUT2D eigenvalue weighted by molar-refractivity contribution is 0.608. The van der Waals surface area contributed by atoms with Gasteiger partial charge in [-0.05, 0) is 55.4 Å². The molecule has 0 amide bonds. The van der Waals surface area contributed by atoms with E-state index in [1.54, 1.807) is 0 Å². The van der Waals surface area contributed by atoms with Gasteiger partial charge in [-0.25, -0.2) is 0 Å². The van der Waals surface area contributed by atoms with Crippen molar-refractivity contribution in [2.24, 2.45) is 5.73 Å². The largest absolute Gasteiger partial charge is 0.324 e. The Morgan fingerprint density at radius 2 is 1.68 bits per heavy atom. The van der Waals surface area contributed by atoms with Crippen LogP contribution in [0.15, 0.2) is 48.5 Å². The van der Waals surface area contributed by atoms with E-state index in [1.165, 1.54) is 22.3 Å². The maximum Gasteiger partial charge on any atom is 0.0297 e. The van der Waals surface area contributed by atoms with Crippen molar-refractivity contribution >= 4 is 0 Å². The lowest BCUT2D eigenvalue weighted by atomic mass is 9.94. The molecule has 0 aliphatic rings. The molecule has 2 rings (SSSR count). The van der Waals surface area contributed by atoms with Crippen LogP contribution in [-0.2, 0) is 6.42 Å². The average Bonchev–Trinajstić information content (AvgIpc) is 2.43. The van der Waals surface area contributed by atoms with Gasteiger partial charge >= 0.3 is 0 Å². The fraction of sp³-hybridized carbons (Fsp3) is 0.333. The van der Waals surface area contributed by atoms with Crippen LogP contribution >= 0.6 is 0 Å². The summed E-state index contributed by atoms with van der Waals surface area (Å²) in [6, 6.07) is 17.2. The molecule has 2 N–H and O–H groups in total. The third-order valence-corrected chi connectivity index (χ3v) is 3.87. The van der Waals surface area contributed by atoms with Gasteiger partial charge in [-0.3, -0.25) is 0 Å². The highest BCUT2D eigenvalue weighted by atomic mass is 14.6. The summed E-state index contributed by atoms with van der Waals surface area (Å²) >= 11 is 0. The zero-order valence-electron chi connectivity index (χ0n) is 11.9. The van der Waals surface area contributed by atoms with Crippen LogP contribution in [0.1, 0.15) is 41.1 Å². The average molecular weight is 253 g/mol. The maximum atomic E-state index is 6.33. The summed E-state index contributed by atoms with van der Waals surface area (Å²) in [5, 5.41) is 0. The zero-order valence-corrected chi connectivity index (χ0v) is 11.9. The monoisotopic (exact) mass is 253 g/mol. The number of rotatable bonds is 5. The Kier molecular flexibility index (Phi) is 4.75. The minimum absolute atomic E-state index is 0.156. The number of hydrogen-bond donors (Lipinski definition) is 1. The standard InChI is InChI=1S/C18H23N/c1-14-8-6-12-17(15(14)2)18(19)13-7-11-16-9-4-3-5-10-16/h3-6,8-10,12,18H,7,11,13,19H2,1-2H3. The van der Waals surface area contributed by atoms with Crippen molar-refractivity contribution in [2.45, 2.75) is 39.2 Å². The van der Waals surface area contributed by atoms with Crippen LogP contribution in [0.25, 0.3) is 0 Å². The molecule has 0 bridgehead atoms. The van der Waals surface area contributed by atoms with Crippen LogP contribution in [-0.4, -0.2) is 0 Å². The van der Waals surface area contributed by atoms with Gasteiger partial charge in [0.05, 0.1) is 0 Å². The first kappa shape index (κ1) is 13.8. The zero-order chi connectivity index (χ0) is 13.7. The Hall–Kier alpha value is -1.60. The van der Waals surface area contributed by atoms with Crippen LogP contribution in [0.2, 0.25) is 0 Å². The SMILES string of the molecule is Cc1cccc(C(N)CCCc2ccccc2)c1C. The van der Waals surface area contributed by atoms with Gasteiger partial charge in [0.1, 0.15) is 0 Å². The lowest BCUT2D eigenvalue weighted by Gasteiger charge is -2.16. The first-order valence-electron chi connectivity index (χ1n) is 7.04. The number of benzene rings is 2. The number of hydrogen-bond acceptors (Lipinski definition) is 1. The quantitative estimate of drug-likeness (QED) is 0.843. The molecule has 0 saturated heterocycles. The Morgan fingerprint density at radius 3 is 2.42 bits per heavy atom. The minimum Gasteiger partial charge on any atom is -0.324 e. The second-order valence-corrected chi connectivity index (χ2v) is 5.27. The highest BCUT2D eigenvalue weighted by molar-refractivity contribution is 5.35. The fourth-order valence-corrected chi connectivity index (χ4v) is 2.50. The first-order chi connectivity index (χ1) is 9.18. The summed E-state index contributed by atoms with van der Waals surface area (Å²) < 4.78 is 0. The van der Waals surface area contributed by atoms with Crippen LogP contribution in [0.4, 0.5) is 0 Å². The van der Waals surface area contributed by atoms with Crippen LogP contribution in [0.3, 0.4) is 0 Å². The van der Waals surface area contributed by atoms with Gasteiger partial charge < -0.3 is 5.73 Å².